The topological polar surface area (TPSA) is 73.5 Å². The van der Waals surface area contributed by atoms with Crippen LogP contribution in [0.1, 0.15) is 97.8 Å². The quantitative estimate of drug-likeness (QED) is 0.549. The molecule has 32 heavy (non-hydrogen) atoms. The molecule has 4 aliphatic rings. The van der Waals surface area contributed by atoms with Gasteiger partial charge in [0.2, 0.25) is 0 Å². The summed E-state index contributed by atoms with van der Waals surface area (Å²) >= 11 is 0. The van der Waals surface area contributed by atoms with E-state index in [9.17, 15) is 9.90 Å². The summed E-state index contributed by atoms with van der Waals surface area (Å²) in [5, 5.41) is 19.5. The number of carbonyl (C=O) groups is 1. The number of fused-ring (bicyclic) bond motifs is 1. The van der Waals surface area contributed by atoms with E-state index in [2.05, 4.69) is 24.9 Å². The first-order valence-electron chi connectivity index (χ1n) is 13.2. The van der Waals surface area contributed by atoms with Gasteiger partial charge >= 0.3 is 0 Å². The van der Waals surface area contributed by atoms with Crippen LogP contribution in [-0.2, 0) is 4.79 Å². The van der Waals surface area contributed by atoms with Gasteiger partial charge in [-0.1, -0.05) is 32.8 Å². The number of aliphatic hydroxyl groups is 1. The fourth-order valence-corrected chi connectivity index (χ4v) is 8.02. The van der Waals surface area contributed by atoms with Crippen LogP contribution in [0.2, 0.25) is 0 Å². The summed E-state index contributed by atoms with van der Waals surface area (Å²) in [4.78, 5) is 17.9. The van der Waals surface area contributed by atoms with E-state index in [0.29, 0.717) is 30.1 Å². The van der Waals surface area contributed by atoms with E-state index < -0.39 is 5.60 Å². The molecule has 0 aromatic heterocycles. The normalized spacial score (nSPS) is 43.9. The van der Waals surface area contributed by atoms with Crippen molar-refractivity contribution in [2.75, 3.05) is 0 Å². The van der Waals surface area contributed by atoms with Crippen LogP contribution in [0.25, 0.3) is 0 Å². The van der Waals surface area contributed by atoms with Gasteiger partial charge < -0.3 is 5.11 Å². The first-order valence-corrected chi connectivity index (χ1v) is 13.2. The highest BCUT2D eigenvalue weighted by atomic mass is 16.3. The number of aliphatic imine (C=N–C) groups is 1. The maximum Gasteiger partial charge on any atom is 0.138 e. The molecular weight excluding hydrogens is 396 g/mol. The number of dihydropyridines is 1. The Kier molecular flexibility index (Phi) is 6.97. The second-order valence-corrected chi connectivity index (χ2v) is 11.8. The molecule has 1 N–H and O–H groups in total. The first kappa shape index (κ1) is 23.7. The molecular formula is C28H42N2O2. The van der Waals surface area contributed by atoms with Crippen molar-refractivity contribution in [3.63, 3.8) is 0 Å². The van der Waals surface area contributed by atoms with Crippen molar-refractivity contribution in [3.05, 3.63) is 11.6 Å². The standard InChI is InChI=1S/C28H42N2O2/c1-4-5-23-22(20-10-13-27(2,32)14-11-20)12-15-28(3)24(23)8-9-25(28)26(31)16-21-7-6-19(17-29)18-30-21/h6,18,20-25,32H,4-5,7-16H2,1-3H3/t20-,21?,22-,23-,24+,25-,27+,28+/m1/s1. The average Bonchev–Trinajstić information content (AvgIpc) is 3.12. The largest absolute Gasteiger partial charge is 0.390 e. The molecule has 6 atom stereocenters. The fraction of sp³-hybridized carbons (Fsp3) is 0.821. The third-order valence-electron chi connectivity index (χ3n) is 9.82. The van der Waals surface area contributed by atoms with Gasteiger partial charge in [0.05, 0.1) is 17.2 Å². The van der Waals surface area contributed by atoms with Crippen LogP contribution in [0.4, 0.5) is 0 Å². The van der Waals surface area contributed by atoms with E-state index in [-0.39, 0.29) is 17.4 Å². The molecule has 0 amide bonds. The summed E-state index contributed by atoms with van der Waals surface area (Å²) in [6, 6.07) is 2.16. The number of hydrogen-bond donors (Lipinski definition) is 1. The van der Waals surface area contributed by atoms with Gasteiger partial charge in [0.15, 0.2) is 0 Å². The monoisotopic (exact) mass is 438 g/mol. The van der Waals surface area contributed by atoms with Gasteiger partial charge in [-0.25, -0.2) is 0 Å². The van der Waals surface area contributed by atoms with Crippen molar-refractivity contribution in [1.82, 2.24) is 0 Å². The molecule has 0 aromatic carbocycles. The van der Waals surface area contributed by atoms with Crippen LogP contribution in [0.3, 0.4) is 0 Å². The number of hydrogen-bond acceptors (Lipinski definition) is 4. The summed E-state index contributed by atoms with van der Waals surface area (Å²) in [6.07, 6.45) is 16.2. The second kappa shape index (κ2) is 9.41. The minimum absolute atomic E-state index is 0.0139. The Balaban J connectivity index is 1.44. The van der Waals surface area contributed by atoms with Crippen molar-refractivity contribution in [1.29, 1.82) is 5.26 Å². The highest BCUT2D eigenvalue weighted by Crippen LogP contribution is 2.62. The molecule has 0 saturated heterocycles. The first-order chi connectivity index (χ1) is 15.3. The molecule has 0 radical (unpaired) electrons. The van der Waals surface area contributed by atoms with Crippen LogP contribution < -0.4 is 0 Å². The van der Waals surface area contributed by atoms with Crippen LogP contribution in [0.5, 0.6) is 0 Å². The van der Waals surface area contributed by atoms with Crippen LogP contribution in [0.15, 0.2) is 16.6 Å². The molecule has 0 aromatic rings. The van der Waals surface area contributed by atoms with Crippen molar-refractivity contribution in [3.8, 4) is 6.07 Å². The summed E-state index contributed by atoms with van der Waals surface area (Å²) in [6.45, 7) is 6.75. The molecule has 4 rings (SSSR count). The highest BCUT2D eigenvalue weighted by Gasteiger charge is 2.56. The minimum atomic E-state index is -0.463. The summed E-state index contributed by atoms with van der Waals surface area (Å²) < 4.78 is 0. The zero-order valence-corrected chi connectivity index (χ0v) is 20.4. The van der Waals surface area contributed by atoms with Crippen LogP contribution in [-0.4, -0.2) is 28.7 Å². The van der Waals surface area contributed by atoms with Crippen molar-refractivity contribution in [2.45, 2.75) is 109 Å². The summed E-state index contributed by atoms with van der Waals surface area (Å²) in [7, 11) is 0. The van der Waals surface area contributed by atoms with Crippen molar-refractivity contribution < 1.29 is 9.90 Å². The molecule has 3 saturated carbocycles. The Labute approximate surface area is 194 Å². The summed E-state index contributed by atoms with van der Waals surface area (Å²) in [5.74, 6) is 3.51. The molecule has 3 aliphatic carbocycles. The number of rotatable bonds is 6. The molecule has 4 heteroatoms. The van der Waals surface area contributed by atoms with E-state index in [1.54, 1.807) is 6.21 Å². The molecule has 0 spiro atoms. The Morgan fingerprint density at radius 3 is 2.56 bits per heavy atom. The minimum Gasteiger partial charge on any atom is -0.390 e. The maximum atomic E-state index is 13.5. The third-order valence-corrected chi connectivity index (χ3v) is 9.82. The van der Waals surface area contributed by atoms with Crippen LogP contribution in [0, 0.1) is 46.3 Å². The SMILES string of the molecule is CCC[C@H]1[C@@H]2CC[C@H](C(=O)CC3CC=C(C#N)C=N3)[C@@]2(C)CC[C@@H]1[C@H]1CC[C@@](C)(O)CC1. The lowest BCUT2D eigenvalue weighted by molar-refractivity contribution is -0.129. The third kappa shape index (κ3) is 4.60. The number of nitriles is 1. The molecule has 4 nitrogen and oxygen atoms in total. The molecule has 1 unspecified atom stereocenters. The van der Waals surface area contributed by atoms with Crippen LogP contribution >= 0.6 is 0 Å². The van der Waals surface area contributed by atoms with Gasteiger partial charge in [0.1, 0.15) is 11.9 Å². The lowest BCUT2D eigenvalue weighted by atomic mass is 9.53. The van der Waals surface area contributed by atoms with Gasteiger partial charge in [-0.05, 0) is 93.8 Å². The zero-order chi connectivity index (χ0) is 22.9. The molecule has 3 fully saturated rings. The number of carbonyl (C=O) groups excluding carboxylic acids is 1. The average molecular weight is 439 g/mol. The lowest BCUT2D eigenvalue weighted by Crippen LogP contribution is -2.46. The van der Waals surface area contributed by atoms with Crippen molar-refractivity contribution in [2.24, 2.45) is 40.0 Å². The Bertz CT molecular complexity index is 797. The number of nitrogens with zero attached hydrogens (tertiary/aromatic N) is 2. The number of allylic oxidation sites excluding steroid dienone is 1. The Hall–Kier alpha value is -1.47. The Morgan fingerprint density at radius 2 is 1.94 bits per heavy atom. The van der Waals surface area contributed by atoms with E-state index in [1.807, 2.05) is 13.0 Å². The van der Waals surface area contributed by atoms with Gasteiger partial charge in [-0.15, -0.1) is 0 Å². The maximum absolute atomic E-state index is 13.5. The number of Topliss-reactive ketones (excluding diaryl/α,β-unsaturated/α-hetero) is 1. The zero-order valence-electron chi connectivity index (χ0n) is 20.4. The van der Waals surface area contributed by atoms with Gasteiger partial charge in [-0.3, -0.25) is 9.79 Å². The predicted molar refractivity (Wildman–Crippen MR) is 128 cm³/mol. The molecule has 0 bridgehead atoms. The van der Waals surface area contributed by atoms with E-state index in [1.165, 1.54) is 44.9 Å². The van der Waals surface area contributed by atoms with Crippen molar-refractivity contribution >= 4 is 12.0 Å². The van der Waals surface area contributed by atoms with Gasteiger partial charge in [-0.2, -0.15) is 5.26 Å². The summed E-state index contributed by atoms with van der Waals surface area (Å²) in [5.41, 5.74) is 0.293. The number of ketones is 1. The fourth-order valence-electron chi connectivity index (χ4n) is 8.02. The highest BCUT2D eigenvalue weighted by molar-refractivity contribution is 5.86. The second-order valence-electron chi connectivity index (χ2n) is 11.8. The van der Waals surface area contributed by atoms with E-state index in [4.69, 9.17) is 5.26 Å². The van der Waals surface area contributed by atoms with Gasteiger partial charge in [0, 0.05) is 18.6 Å². The van der Waals surface area contributed by atoms with E-state index >= 15 is 0 Å². The molecule has 176 valence electrons. The predicted octanol–water partition coefficient (Wildman–Crippen LogP) is 6.04. The Morgan fingerprint density at radius 1 is 1.19 bits per heavy atom. The molecule has 1 aliphatic heterocycles. The van der Waals surface area contributed by atoms with Gasteiger partial charge in [0.25, 0.3) is 0 Å². The van der Waals surface area contributed by atoms with E-state index in [0.717, 1.165) is 37.0 Å². The smallest absolute Gasteiger partial charge is 0.138 e. The molecule has 1 heterocycles. The lowest BCUT2D eigenvalue weighted by Gasteiger charge is -2.52.